The second-order valence-corrected chi connectivity index (χ2v) is 9.89. The molecule has 2 fully saturated rings. The number of hydrogen-bond acceptors (Lipinski definition) is 8. The number of rotatable bonds is 5. The maximum absolute atomic E-state index is 13.1. The van der Waals surface area contributed by atoms with E-state index in [2.05, 4.69) is 27.0 Å². The Morgan fingerprint density at radius 3 is 2.62 bits per heavy atom. The van der Waals surface area contributed by atoms with Crippen molar-refractivity contribution in [2.45, 2.75) is 48.1 Å². The van der Waals surface area contributed by atoms with Gasteiger partial charge in [-0.3, -0.25) is 4.90 Å². The number of likely N-dealkylation sites (tertiary alicyclic amines) is 2. The first kappa shape index (κ1) is 20.4. The third kappa shape index (κ3) is 4.50. The molecule has 158 valence electrons. The molecule has 0 amide bonds. The first-order valence-electron chi connectivity index (χ1n) is 9.75. The van der Waals surface area contributed by atoms with Crippen molar-refractivity contribution in [3.05, 3.63) is 41.8 Å². The van der Waals surface area contributed by atoms with Gasteiger partial charge in [0.05, 0.1) is 17.0 Å². The lowest BCUT2D eigenvalue weighted by molar-refractivity contribution is 0.0880. The van der Waals surface area contributed by atoms with Crippen LogP contribution in [0.5, 0.6) is 0 Å². The highest BCUT2D eigenvalue weighted by Gasteiger charge is 2.40. The summed E-state index contributed by atoms with van der Waals surface area (Å²) in [6.45, 7) is 2.54. The number of piperidine rings is 1. The molecule has 1 aromatic carbocycles. The fourth-order valence-corrected chi connectivity index (χ4v) is 5.34. The number of benzene rings is 1. The van der Waals surface area contributed by atoms with E-state index in [9.17, 15) is 17.9 Å². The highest BCUT2D eigenvalue weighted by Crippen LogP contribution is 2.35. The Morgan fingerprint density at radius 2 is 1.93 bits per heavy atom. The average molecular weight is 424 g/mol. The minimum Gasteiger partial charge on any atom is -0.392 e. The van der Waals surface area contributed by atoms with Gasteiger partial charge in [-0.1, -0.05) is 5.16 Å². The summed E-state index contributed by atoms with van der Waals surface area (Å²) < 4.78 is 43.5. The summed E-state index contributed by atoms with van der Waals surface area (Å²) in [7, 11) is -1.62. The van der Waals surface area contributed by atoms with E-state index < -0.39 is 27.5 Å². The zero-order valence-electron chi connectivity index (χ0n) is 16.2. The molecule has 8 nitrogen and oxygen atoms in total. The van der Waals surface area contributed by atoms with Crippen molar-refractivity contribution in [3.63, 3.8) is 0 Å². The maximum Gasteiger partial charge on any atom is 0.244 e. The van der Waals surface area contributed by atoms with Crippen LogP contribution < -0.4 is 0 Å². The molecule has 1 aromatic heterocycles. The van der Waals surface area contributed by atoms with Gasteiger partial charge in [0, 0.05) is 12.6 Å². The van der Waals surface area contributed by atoms with Gasteiger partial charge in [-0.05, 0) is 63.7 Å². The summed E-state index contributed by atoms with van der Waals surface area (Å²) in [5, 5.41) is 14.1. The molecule has 29 heavy (non-hydrogen) atoms. The molecule has 2 atom stereocenters. The predicted molar refractivity (Wildman–Crippen MR) is 102 cm³/mol. The summed E-state index contributed by atoms with van der Waals surface area (Å²) in [5.74, 6) is -0.524. The predicted octanol–water partition coefficient (Wildman–Crippen LogP) is 1.38. The van der Waals surface area contributed by atoms with Gasteiger partial charge in [-0.2, -0.15) is 4.98 Å². The second-order valence-electron chi connectivity index (χ2n) is 7.90. The lowest BCUT2D eigenvalue weighted by Crippen LogP contribution is -2.43. The standard InChI is InChI=1S/C19H25FN4O4S/c1-23-8-6-14(7-9-23)24-11-15(25)10-17(24)19-21-18(22-28-19)12-29(26,27)16-4-2-13(20)3-5-16/h2-5,14-15,17,25H,6-12H2,1H3/t15-,17+/m1/s1. The molecule has 1 N–H and O–H groups in total. The van der Waals surface area contributed by atoms with Crippen LogP contribution in [0.25, 0.3) is 0 Å². The summed E-state index contributed by atoms with van der Waals surface area (Å²) >= 11 is 0. The number of hydrogen-bond donors (Lipinski definition) is 1. The van der Waals surface area contributed by atoms with Gasteiger partial charge in [0.1, 0.15) is 11.6 Å². The zero-order chi connectivity index (χ0) is 20.6. The van der Waals surface area contributed by atoms with Crippen molar-refractivity contribution in [3.8, 4) is 0 Å². The summed E-state index contributed by atoms with van der Waals surface area (Å²) in [5.41, 5.74) is 0. The SMILES string of the molecule is CN1CCC(N2C[C@H](O)C[C@H]2c2nc(CS(=O)(=O)c3ccc(F)cc3)no2)CC1. The average Bonchev–Trinajstić information content (AvgIpc) is 3.28. The van der Waals surface area contributed by atoms with Crippen molar-refractivity contribution < 1.29 is 22.4 Å². The van der Waals surface area contributed by atoms with E-state index in [1.165, 1.54) is 12.1 Å². The molecular formula is C19H25FN4O4S. The summed E-state index contributed by atoms with van der Waals surface area (Å²) in [6.07, 6.45) is 2.01. The van der Waals surface area contributed by atoms with Gasteiger partial charge < -0.3 is 14.5 Å². The molecule has 3 heterocycles. The molecule has 0 bridgehead atoms. The van der Waals surface area contributed by atoms with Crippen molar-refractivity contribution in [1.29, 1.82) is 0 Å². The molecule has 2 aromatic rings. The highest BCUT2D eigenvalue weighted by atomic mass is 32.2. The Hall–Kier alpha value is -1.88. The first-order valence-corrected chi connectivity index (χ1v) is 11.4. The van der Waals surface area contributed by atoms with E-state index in [0.29, 0.717) is 24.9 Å². The molecule has 0 radical (unpaired) electrons. The zero-order valence-corrected chi connectivity index (χ0v) is 17.1. The molecule has 0 saturated carbocycles. The van der Waals surface area contributed by atoms with Crippen molar-refractivity contribution in [1.82, 2.24) is 19.9 Å². The van der Waals surface area contributed by atoms with Crippen LogP contribution in [-0.2, 0) is 15.6 Å². The fraction of sp³-hybridized carbons (Fsp3) is 0.579. The topological polar surface area (TPSA) is 99.8 Å². The second kappa shape index (κ2) is 8.10. The van der Waals surface area contributed by atoms with Gasteiger partial charge in [0.25, 0.3) is 0 Å². The Morgan fingerprint density at radius 1 is 1.24 bits per heavy atom. The highest BCUT2D eigenvalue weighted by molar-refractivity contribution is 7.90. The lowest BCUT2D eigenvalue weighted by Gasteiger charge is -2.37. The van der Waals surface area contributed by atoms with Gasteiger partial charge in [0.15, 0.2) is 15.7 Å². The van der Waals surface area contributed by atoms with E-state index in [0.717, 1.165) is 38.1 Å². The Bertz CT molecular complexity index is 941. The van der Waals surface area contributed by atoms with E-state index in [4.69, 9.17) is 4.52 Å². The summed E-state index contributed by atoms with van der Waals surface area (Å²) in [6, 6.07) is 4.77. The van der Waals surface area contributed by atoms with Gasteiger partial charge in [-0.25, -0.2) is 12.8 Å². The molecule has 0 unspecified atom stereocenters. The third-order valence-electron chi connectivity index (χ3n) is 5.74. The minimum atomic E-state index is -3.71. The number of aliphatic hydroxyl groups excluding tert-OH is 1. The first-order chi connectivity index (χ1) is 13.8. The van der Waals surface area contributed by atoms with Gasteiger partial charge in [-0.15, -0.1) is 0 Å². The number of halogens is 1. The van der Waals surface area contributed by atoms with Crippen LogP contribution in [0.1, 0.15) is 37.0 Å². The minimum absolute atomic E-state index is 0.00879. The van der Waals surface area contributed by atoms with Crippen LogP contribution in [0.3, 0.4) is 0 Å². The Labute approximate surface area is 169 Å². The lowest BCUT2D eigenvalue weighted by atomic mass is 10.0. The normalized spacial score (nSPS) is 24.9. The molecule has 2 saturated heterocycles. The van der Waals surface area contributed by atoms with Crippen LogP contribution in [0.15, 0.2) is 33.7 Å². The largest absolute Gasteiger partial charge is 0.392 e. The van der Waals surface area contributed by atoms with E-state index in [-0.39, 0.29) is 16.8 Å². The molecule has 4 rings (SSSR count). The third-order valence-corrected chi connectivity index (χ3v) is 7.36. The van der Waals surface area contributed by atoms with E-state index in [1.807, 2.05) is 0 Å². The maximum atomic E-state index is 13.1. The molecule has 10 heteroatoms. The van der Waals surface area contributed by atoms with Gasteiger partial charge in [0.2, 0.25) is 5.89 Å². The Kier molecular flexibility index (Phi) is 5.69. The van der Waals surface area contributed by atoms with E-state index in [1.54, 1.807) is 0 Å². The van der Waals surface area contributed by atoms with Crippen molar-refractivity contribution >= 4 is 9.84 Å². The number of aliphatic hydroxyl groups is 1. The molecule has 0 aliphatic carbocycles. The van der Waals surface area contributed by atoms with Crippen molar-refractivity contribution in [2.75, 3.05) is 26.7 Å². The number of β-amino-alcohol motifs (C(OH)–C–C–N with tert-alkyl or cyclic N) is 1. The van der Waals surface area contributed by atoms with Gasteiger partial charge >= 0.3 is 0 Å². The van der Waals surface area contributed by atoms with Crippen LogP contribution >= 0.6 is 0 Å². The Balaban J connectivity index is 1.49. The van der Waals surface area contributed by atoms with Crippen molar-refractivity contribution in [2.24, 2.45) is 0 Å². The number of aromatic nitrogens is 2. The van der Waals surface area contributed by atoms with Crippen LogP contribution in [0.2, 0.25) is 0 Å². The quantitative estimate of drug-likeness (QED) is 0.719. The molecule has 2 aliphatic heterocycles. The van der Waals surface area contributed by atoms with E-state index >= 15 is 0 Å². The monoisotopic (exact) mass is 424 g/mol. The fourth-order valence-electron chi connectivity index (χ4n) is 4.17. The summed E-state index contributed by atoms with van der Waals surface area (Å²) in [4.78, 5) is 8.82. The van der Waals surface area contributed by atoms with Crippen LogP contribution in [0, 0.1) is 5.82 Å². The van der Waals surface area contributed by atoms with Crippen LogP contribution in [-0.4, -0.2) is 72.3 Å². The number of sulfone groups is 1. The van der Waals surface area contributed by atoms with Crippen LogP contribution in [0.4, 0.5) is 4.39 Å². The molecular weight excluding hydrogens is 399 g/mol. The molecule has 2 aliphatic rings. The molecule has 0 spiro atoms. The number of nitrogens with zero attached hydrogens (tertiary/aromatic N) is 4. The smallest absolute Gasteiger partial charge is 0.244 e.